The van der Waals surface area contributed by atoms with Gasteiger partial charge in [0.2, 0.25) is 0 Å². The molecule has 0 heterocycles. The molecule has 106 valence electrons. The van der Waals surface area contributed by atoms with E-state index in [1.807, 2.05) is 13.8 Å². The van der Waals surface area contributed by atoms with Gasteiger partial charge in [-0.15, -0.1) is 0 Å². The van der Waals surface area contributed by atoms with Crippen LogP contribution >= 0.6 is 0 Å². The van der Waals surface area contributed by atoms with Crippen LogP contribution in [0.15, 0.2) is 0 Å². The first-order valence-electron chi connectivity index (χ1n) is 6.85. The summed E-state index contributed by atoms with van der Waals surface area (Å²) in [6, 6.07) is 0. The largest absolute Gasteiger partial charge is 0.481 e. The molecule has 0 radical (unpaired) electrons. The average molecular weight is 258 g/mol. The van der Waals surface area contributed by atoms with E-state index in [1.54, 1.807) is 13.8 Å². The van der Waals surface area contributed by atoms with Crippen LogP contribution in [-0.4, -0.2) is 22.2 Å². The van der Waals surface area contributed by atoms with Gasteiger partial charge in [0.25, 0.3) is 0 Å². The molecule has 0 saturated heterocycles. The van der Waals surface area contributed by atoms with Crippen molar-refractivity contribution in [1.29, 1.82) is 0 Å². The standard InChI is InChI=1S/C14H26O4/c1-5-9-14(10-6-2,12(17)18)13(7-3,8-4)11(15)16/h5-10H2,1-4H3,(H,15,16)(H,17,18). The minimum atomic E-state index is -1.16. The fraction of sp³-hybridized carbons (Fsp3) is 0.857. The summed E-state index contributed by atoms with van der Waals surface area (Å²) in [5, 5.41) is 19.3. The van der Waals surface area contributed by atoms with Crippen LogP contribution in [0.4, 0.5) is 0 Å². The predicted octanol–water partition coefficient (Wildman–Crippen LogP) is 3.55. The molecule has 0 spiro atoms. The van der Waals surface area contributed by atoms with Crippen LogP contribution in [0.1, 0.15) is 66.2 Å². The number of carboxylic acid groups (broad SMARTS) is 2. The van der Waals surface area contributed by atoms with Gasteiger partial charge >= 0.3 is 11.9 Å². The number of rotatable bonds is 9. The highest BCUT2D eigenvalue weighted by molar-refractivity contribution is 5.86. The van der Waals surface area contributed by atoms with Crippen molar-refractivity contribution in [2.24, 2.45) is 10.8 Å². The highest BCUT2D eigenvalue weighted by atomic mass is 16.4. The van der Waals surface area contributed by atoms with Crippen molar-refractivity contribution in [2.75, 3.05) is 0 Å². The summed E-state index contributed by atoms with van der Waals surface area (Å²) in [5.41, 5.74) is -2.31. The fourth-order valence-corrected chi connectivity index (χ4v) is 3.31. The van der Waals surface area contributed by atoms with Crippen molar-refractivity contribution in [1.82, 2.24) is 0 Å². The molecule has 0 aromatic heterocycles. The number of hydrogen-bond donors (Lipinski definition) is 2. The normalized spacial score (nSPS) is 12.4. The molecule has 0 aliphatic carbocycles. The van der Waals surface area contributed by atoms with E-state index in [9.17, 15) is 19.8 Å². The molecule has 0 rings (SSSR count). The number of hydrogen-bond acceptors (Lipinski definition) is 2. The zero-order chi connectivity index (χ0) is 14.4. The monoisotopic (exact) mass is 258 g/mol. The fourth-order valence-electron chi connectivity index (χ4n) is 3.31. The number of aliphatic carboxylic acids is 2. The number of carbonyl (C=O) groups is 2. The lowest BCUT2D eigenvalue weighted by atomic mass is 9.56. The van der Waals surface area contributed by atoms with Gasteiger partial charge in [-0.25, -0.2) is 0 Å². The van der Waals surface area contributed by atoms with Gasteiger partial charge in [-0.3, -0.25) is 9.59 Å². The molecule has 0 unspecified atom stereocenters. The van der Waals surface area contributed by atoms with Crippen LogP contribution in [0.3, 0.4) is 0 Å². The van der Waals surface area contributed by atoms with Gasteiger partial charge in [0.05, 0.1) is 10.8 Å². The Morgan fingerprint density at radius 1 is 0.778 bits per heavy atom. The molecule has 18 heavy (non-hydrogen) atoms. The third kappa shape index (κ3) is 2.52. The van der Waals surface area contributed by atoms with Gasteiger partial charge in [0, 0.05) is 0 Å². The van der Waals surface area contributed by atoms with Crippen LogP contribution in [0.25, 0.3) is 0 Å². The second kappa shape index (κ2) is 6.76. The minimum Gasteiger partial charge on any atom is -0.481 e. The van der Waals surface area contributed by atoms with Gasteiger partial charge in [0.15, 0.2) is 0 Å². The van der Waals surface area contributed by atoms with Crippen LogP contribution < -0.4 is 0 Å². The topological polar surface area (TPSA) is 74.6 Å². The van der Waals surface area contributed by atoms with Crippen LogP contribution in [0.5, 0.6) is 0 Å². The van der Waals surface area contributed by atoms with Gasteiger partial charge in [-0.2, -0.15) is 0 Å². The second-order valence-electron chi connectivity index (χ2n) is 4.98. The summed E-state index contributed by atoms with van der Waals surface area (Å²) in [6.07, 6.45) is 2.91. The third-order valence-corrected chi connectivity index (χ3v) is 4.30. The molecule has 0 aliphatic rings. The maximum atomic E-state index is 11.8. The lowest BCUT2D eigenvalue weighted by Gasteiger charge is -2.44. The van der Waals surface area contributed by atoms with Crippen molar-refractivity contribution in [3.63, 3.8) is 0 Å². The highest BCUT2D eigenvalue weighted by Crippen LogP contribution is 2.51. The van der Waals surface area contributed by atoms with E-state index in [4.69, 9.17) is 0 Å². The Morgan fingerprint density at radius 3 is 1.28 bits per heavy atom. The summed E-state index contributed by atoms with van der Waals surface area (Å²) in [4.78, 5) is 23.5. The van der Waals surface area contributed by atoms with E-state index in [2.05, 4.69) is 0 Å². The second-order valence-corrected chi connectivity index (χ2v) is 4.98. The summed E-state index contributed by atoms with van der Waals surface area (Å²) < 4.78 is 0. The Bertz CT molecular complexity index is 286. The van der Waals surface area contributed by atoms with Crippen LogP contribution in [0.2, 0.25) is 0 Å². The van der Waals surface area contributed by atoms with E-state index in [0.717, 1.165) is 0 Å². The zero-order valence-electron chi connectivity index (χ0n) is 12.0. The van der Waals surface area contributed by atoms with Crippen molar-refractivity contribution in [2.45, 2.75) is 66.2 Å². The average Bonchev–Trinajstić information content (AvgIpc) is 2.30. The molecule has 0 saturated carbocycles. The van der Waals surface area contributed by atoms with Crippen LogP contribution in [0, 0.1) is 10.8 Å². The maximum Gasteiger partial charge on any atom is 0.310 e. The Kier molecular flexibility index (Phi) is 6.36. The minimum absolute atomic E-state index is 0.352. The van der Waals surface area contributed by atoms with Gasteiger partial charge < -0.3 is 10.2 Å². The molecule has 0 fully saturated rings. The van der Waals surface area contributed by atoms with Gasteiger partial charge in [0.1, 0.15) is 0 Å². The molecule has 0 amide bonds. The quantitative estimate of drug-likeness (QED) is 0.663. The van der Waals surface area contributed by atoms with Crippen molar-refractivity contribution >= 4 is 11.9 Å². The maximum absolute atomic E-state index is 11.8. The van der Waals surface area contributed by atoms with Gasteiger partial charge in [-0.1, -0.05) is 40.5 Å². The first kappa shape index (κ1) is 16.9. The first-order valence-corrected chi connectivity index (χ1v) is 6.85. The zero-order valence-corrected chi connectivity index (χ0v) is 12.0. The molecular weight excluding hydrogens is 232 g/mol. The molecule has 2 N–H and O–H groups in total. The molecule has 0 aliphatic heterocycles. The van der Waals surface area contributed by atoms with E-state index >= 15 is 0 Å². The smallest absolute Gasteiger partial charge is 0.310 e. The van der Waals surface area contributed by atoms with Crippen molar-refractivity contribution < 1.29 is 19.8 Å². The molecule has 0 atom stereocenters. The van der Waals surface area contributed by atoms with Crippen molar-refractivity contribution in [3.8, 4) is 0 Å². The Balaban J connectivity index is 5.89. The Hall–Kier alpha value is -1.06. The molecule has 4 heteroatoms. The summed E-state index contributed by atoms with van der Waals surface area (Å²) in [7, 11) is 0. The summed E-state index contributed by atoms with van der Waals surface area (Å²) >= 11 is 0. The molecule has 0 aromatic carbocycles. The first-order chi connectivity index (χ1) is 8.38. The van der Waals surface area contributed by atoms with E-state index in [-0.39, 0.29) is 0 Å². The lowest BCUT2D eigenvalue weighted by Crippen LogP contribution is -2.52. The van der Waals surface area contributed by atoms with E-state index < -0.39 is 22.8 Å². The van der Waals surface area contributed by atoms with Crippen molar-refractivity contribution in [3.05, 3.63) is 0 Å². The Labute approximate surface area is 109 Å². The SMILES string of the molecule is CCCC(CCC)(C(=O)O)C(CC)(CC)C(=O)O. The van der Waals surface area contributed by atoms with Gasteiger partial charge in [-0.05, 0) is 25.7 Å². The third-order valence-electron chi connectivity index (χ3n) is 4.30. The molecule has 0 bridgehead atoms. The molecule has 0 aromatic rings. The van der Waals surface area contributed by atoms with Crippen LogP contribution in [-0.2, 0) is 9.59 Å². The molecule has 4 nitrogen and oxygen atoms in total. The summed E-state index contributed by atoms with van der Waals surface area (Å²) in [5.74, 6) is -1.94. The number of carboxylic acids is 2. The van der Waals surface area contributed by atoms with E-state index in [0.29, 0.717) is 38.5 Å². The summed E-state index contributed by atoms with van der Waals surface area (Å²) in [6.45, 7) is 7.37. The highest BCUT2D eigenvalue weighted by Gasteiger charge is 2.58. The Morgan fingerprint density at radius 2 is 1.11 bits per heavy atom. The predicted molar refractivity (Wildman–Crippen MR) is 70.5 cm³/mol. The lowest BCUT2D eigenvalue weighted by molar-refractivity contribution is -0.177. The van der Waals surface area contributed by atoms with E-state index in [1.165, 1.54) is 0 Å². The molecular formula is C14H26O4.